The van der Waals surface area contributed by atoms with Gasteiger partial charge in [-0.25, -0.2) is 0 Å². The summed E-state index contributed by atoms with van der Waals surface area (Å²) in [4.78, 5) is 24.0. The summed E-state index contributed by atoms with van der Waals surface area (Å²) in [6.07, 6.45) is 0.290. The first-order valence-corrected chi connectivity index (χ1v) is 5.59. The quantitative estimate of drug-likeness (QED) is 0.619. The molecule has 5 N–H and O–H groups in total. The second kappa shape index (κ2) is 6.61. The van der Waals surface area contributed by atoms with Crippen LogP contribution >= 0.6 is 0 Å². The molecular formula is C12H18N4O2. The van der Waals surface area contributed by atoms with Gasteiger partial charge in [0, 0.05) is 24.3 Å². The maximum atomic E-state index is 11.6. The van der Waals surface area contributed by atoms with Crippen molar-refractivity contribution in [3.8, 4) is 0 Å². The van der Waals surface area contributed by atoms with Gasteiger partial charge in [-0.1, -0.05) is 6.07 Å². The number of nitrogens with two attached hydrogens (primary N) is 2. The zero-order valence-corrected chi connectivity index (χ0v) is 10.3. The number of hydrogen-bond acceptors (Lipinski definition) is 4. The maximum absolute atomic E-state index is 11.6. The minimum atomic E-state index is -0.409. The standard InChI is InChI=1S/C12H18N4O2/c1-16(8-11(14)17)6-5-12(18)15-10-4-2-3-9(13)7-10/h2-4,7H,5-6,8,13H2,1H3,(H2,14,17)(H,15,18). The molecule has 0 aromatic heterocycles. The van der Waals surface area contributed by atoms with E-state index < -0.39 is 5.91 Å². The molecule has 1 rings (SSSR count). The third-order valence-electron chi connectivity index (χ3n) is 2.32. The summed E-state index contributed by atoms with van der Waals surface area (Å²) in [7, 11) is 1.73. The maximum Gasteiger partial charge on any atom is 0.231 e. The molecule has 0 heterocycles. The molecule has 0 aliphatic rings. The van der Waals surface area contributed by atoms with Gasteiger partial charge in [0.05, 0.1) is 6.54 Å². The summed E-state index contributed by atoms with van der Waals surface area (Å²) in [6, 6.07) is 6.97. The van der Waals surface area contributed by atoms with Gasteiger partial charge in [-0.3, -0.25) is 14.5 Å². The molecule has 1 aromatic carbocycles. The van der Waals surface area contributed by atoms with Gasteiger partial charge in [-0.05, 0) is 25.2 Å². The Morgan fingerprint density at radius 1 is 1.39 bits per heavy atom. The van der Waals surface area contributed by atoms with Gasteiger partial charge >= 0.3 is 0 Å². The van der Waals surface area contributed by atoms with Crippen molar-refractivity contribution >= 4 is 23.2 Å². The molecule has 6 heteroatoms. The fraction of sp³-hybridized carbons (Fsp3) is 0.333. The summed E-state index contributed by atoms with van der Waals surface area (Å²) >= 11 is 0. The number of amides is 2. The average molecular weight is 250 g/mol. The molecule has 6 nitrogen and oxygen atoms in total. The molecule has 18 heavy (non-hydrogen) atoms. The molecule has 0 spiro atoms. The summed E-state index contributed by atoms with van der Waals surface area (Å²) in [5.41, 5.74) is 11.9. The van der Waals surface area contributed by atoms with Crippen LogP contribution in [0.2, 0.25) is 0 Å². The van der Waals surface area contributed by atoms with Crippen molar-refractivity contribution in [3.63, 3.8) is 0 Å². The van der Waals surface area contributed by atoms with E-state index in [2.05, 4.69) is 5.32 Å². The molecular weight excluding hydrogens is 232 g/mol. The molecule has 0 saturated carbocycles. The highest BCUT2D eigenvalue weighted by atomic mass is 16.2. The summed E-state index contributed by atoms with van der Waals surface area (Å²) in [5, 5.41) is 2.73. The van der Waals surface area contributed by atoms with Gasteiger partial charge in [-0.15, -0.1) is 0 Å². The van der Waals surface area contributed by atoms with Crippen LogP contribution in [0.5, 0.6) is 0 Å². The van der Waals surface area contributed by atoms with Crippen LogP contribution in [0, 0.1) is 0 Å². The number of nitrogen functional groups attached to an aromatic ring is 1. The number of nitrogens with zero attached hydrogens (tertiary/aromatic N) is 1. The summed E-state index contributed by atoms with van der Waals surface area (Å²) in [6.45, 7) is 0.614. The molecule has 0 bridgehead atoms. The Balaban J connectivity index is 2.36. The highest BCUT2D eigenvalue weighted by Gasteiger charge is 2.07. The monoisotopic (exact) mass is 250 g/mol. The third-order valence-corrected chi connectivity index (χ3v) is 2.32. The van der Waals surface area contributed by atoms with Gasteiger partial charge in [-0.2, -0.15) is 0 Å². The van der Waals surface area contributed by atoms with Gasteiger partial charge in [0.15, 0.2) is 0 Å². The molecule has 1 aromatic rings. The Labute approximate surface area is 106 Å². The highest BCUT2D eigenvalue weighted by Crippen LogP contribution is 2.11. The van der Waals surface area contributed by atoms with E-state index in [1.807, 2.05) is 0 Å². The van der Waals surface area contributed by atoms with Crippen LogP contribution in [0.15, 0.2) is 24.3 Å². The van der Waals surface area contributed by atoms with Crippen LogP contribution in [0.25, 0.3) is 0 Å². The van der Waals surface area contributed by atoms with Gasteiger partial charge in [0.1, 0.15) is 0 Å². The van der Waals surface area contributed by atoms with Crippen LogP contribution in [0.3, 0.4) is 0 Å². The predicted molar refractivity (Wildman–Crippen MR) is 70.8 cm³/mol. The average Bonchev–Trinajstić information content (AvgIpc) is 2.25. The van der Waals surface area contributed by atoms with Gasteiger partial charge in [0.2, 0.25) is 11.8 Å². The molecule has 0 atom stereocenters. The number of hydrogen-bond donors (Lipinski definition) is 3. The molecule has 0 radical (unpaired) electrons. The largest absolute Gasteiger partial charge is 0.399 e. The SMILES string of the molecule is CN(CCC(=O)Nc1cccc(N)c1)CC(N)=O. The van der Waals surface area contributed by atoms with Crippen molar-refractivity contribution in [1.82, 2.24) is 4.90 Å². The van der Waals surface area contributed by atoms with Crippen LogP contribution < -0.4 is 16.8 Å². The van der Waals surface area contributed by atoms with Crippen LogP contribution in [-0.2, 0) is 9.59 Å². The van der Waals surface area contributed by atoms with Crippen molar-refractivity contribution < 1.29 is 9.59 Å². The first-order valence-electron chi connectivity index (χ1n) is 5.59. The van der Waals surface area contributed by atoms with E-state index in [1.54, 1.807) is 36.2 Å². The van der Waals surface area contributed by atoms with Crippen molar-refractivity contribution in [2.75, 3.05) is 31.2 Å². The summed E-state index contributed by atoms with van der Waals surface area (Å²) in [5.74, 6) is -0.536. The van der Waals surface area contributed by atoms with Crippen LogP contribution in [-0.4, -0.2) is 36.9 Å². The van der Waals surface area contributed by atoms with Gasteiger partial charge in [0.25, 0.3) is 0 Å². The number of nitrogens with one attached hydrogen (secondary N) is 1. The van der Waals surface area contributed by atoms with E-state index in [9.17, 15) is 9.59 Å². The first kappa shape index (κ1) is 14.0. The Morgan fingerprint density at radius 2 is 2.11 bits per heavy atom. The van der Waals surface area contributed by atoms with Crippen LogP contribution in [0.1, 0.15) is 6.42 Å². The molecule has 2 amide bonds. The Morgan fingerprint density at radius 3 is 2.72 bits per heavy atom. The minimum absolute atomic E-state index is 0.128. The van der Waals surface area contributed by atoms with Gasteiger partial charge < -0.3 is 16.8 Å². The van der Waals surface area contributed by atoms with E-state index in [0.29, 0.717) is 24.3 Å². The number of primary amides is 1. The predicted octanol–water partition coefficient (Wildman–Crippen LogP) is 0.0145. The molecule has 0 saturated heterocycles. The minimum Gasteiger partial charge on any atom is -0.399 e. The Kier molecular flexibility index (Phi) is 5.13. The number of benzene rings is 1. The number of anilines is 2. The topological polar surface area (TPSA) is 101 Å². The van der Waals surface area contributed by atoms with Crippen molar-refractivity contribution in [3.05, 3.63) is 24.3 Å². The number of likely N-dealkylation sites (N-methyl/N-ethyl adjacent to an activating group) is 1. The number of carbonyl (C=O) groups excluding carboxylic acids is 2. The fourth-order valence-electron chi connectivity index (χ4n) is 1.48. The zero-order chi connectivity index (χ0) is 13.5. The highest BCUT2D eigenvalue weighted by molar-refractivity contribution is 5.91. The number of rotatable bonds is 6. The normalized spacial score (nSPS) is 10.3. The first-order chi connectivity index (χ1) is 8.47. The molecule has 0 fully saturated rings. The fourth-order valence-corrected chi connectivity index (χ4v) is 1.48. The van der Waals surface area contributed by atoms with E-state index in [-0.39, 0.29) is 12.5 Å². The van der Waals surface area contributed by atoms with E-state index >= 15 is 0 Å². The van der Waals surface area contributed by atoms with E-state index in [0.717, 1.165) is 0 Å². The summed E-state index contributed by atoms with van der Waals surface area (Å²) < 4.78 is 0. The lowest BCUT2D eigenvalue weighted by atomic mass is 10.2. The smallest absolute Gasteiger partial charge is 0.231 e. The second-order valence-electron chi connectivity index (χ2n) is 4.13. The lowest BCUT2D eigenvalue weighted by Gasteiger charge is -2.14. The van der Waals surface area contributed by atoms with Crippen molar-refractivity contribution in [1.29, 1.82) is 0 Å². The number of carbonyl (C=O) groups is 2. The van der Waals surface area contributed by atoms with E-state index in [1.165, 1.54) is 0 Å². The van der Waals surface area contributed by atoms with Crippen molar-refractivity contribution in [2.24, 2.45) is 5.73 Å². The third kappa shape index (κ3) is 5.31. The Hall–Kier alpha value is -2.08. The molecule has 0 aliphatic heterocycles. The molecule has 98 valence electrons. The zero-order valence-electron chi connectivity index (χ0n) is 10.3. The van der Waals surface area contributed by atoms with Crippen molar-refractivity contribution in [2.45, 2.75) is 6.42 Å². The Bertz CT molecular complexity index is 434. The van der Waals surface area contributed by atoms with Crippen LogP contribution in [0.4, 0.5) is 11.4 Å². The lowest BCUT2D eigenvalue weighted by Crippen LogP contribution is -2.32. The molecule has 0 unspecified atom stereocenters. The lowest BCUT2D eigenvalue weighted by molar-refractivity contribution is -0.120. The second-order valence-corrected chi connectivity index (χ2v) is 4.13. The molecule has 0 aliphatic carbocycles. The van der Waals surface area contributed by atoms with E-state index in [4.69, 9.17) is 11.5 Å².